The van der Waals surface area contributed by atoms with Gasteiger partial charge in [-0.3, -0.25) is 14.5 Å². The number of hydrogen-bond acceptors (Lipinski definition) is 4. The lowest BCUT2D eigenvalue weighted by Gasteiger charge is -2.31. The van der Waals surface area contributed by atoms with E-state index in [9.17, 15) is 14.7 Å². The summed E-state index contributed by atoms with van der Waals surface area (Å²) in [5.41, 5.74) is -0.0995. The van der Waals surface area contributed by atoms with Gasteiger partial charge in [0.2, 0.25) is 5.91 Å². The van der Waals surface area contributed by atoms with Gasteiger partial charge in [0.05, 0.1) is 12.6 Å². The molecule has 2 heterocycles. The highest BCUT2D eigenvalue weighted by Crippen LogP contribution is 2.35. The van der Waals surface area contributed by atoms with E-state index in [0.717, 1.165) is 11.3 Å². The Morgan fingerprint density at radius 2 is 2.23 bits per heavy atom. The van der Waals surface area contributed by atoms with Crippen LogP contribution in [0.1, 0.15) is 44.5 Å². The summed E-state index contributed by atoms with van der Waals surface area (Å²) in [7, 11) is 0. The molecule has 0 bridgehead atoms. The Labute approximate surface area is 135 Å². The smallest absolute Gasteiger partial charge is 0.320 e. The molecular formula is C16H24N2O3S. The minimum absolute atomic E-state index is 0.0640. The molecule has 1 aliphatic heterocycles. The van der Waals surface area contributed by atoms with Gasteiger partial charge in [-0.1, -0.05) is 26.8 Å². The molecule has 6 heteroatoms. The van der Waals surface area contributed by atoms with E-state index in [2.05, 4.69) is 26.1 Å². The number of carboxylic acid groups (broad SMARTS) is 1. The second-order valence-corrected chi connectivity index (χ2v) is 7.83. The predicted molar refractivity (Wildman–Crippen MR) is 86.9 cm³/mol. The highest BCUT2D eigenvalue weighted by molar-refractivity contribution is 7.10. The number of carbonyl (C=O) groups excluding carboxylic acids is 1. The van der Waals surface area contributed by atoms with Gasteiger partial charge in [0.25, 0.3) is 0 Å². The lowest BCUT2D eigenvalue weighted by atomic mass is 9.85. The minimum Gasteiger partial charge on any atom is -0.480 e. The fourth-order valence-electron chi connectivity index (χ4n) is 2.86. The molecule has 2 atom stereocenters. The summed E-state index contributed by atoms with van der Waals surface area (Å²) in [5, 5.41) is 14.3. The number of amides is 1. The van der Waals surface area contributed by atoms with E-state index in [-0.39, 0.29) is 23.9 Å². The fourth-order valence-corrected chi connectivity index (χ4v) is 3.88. The van der Waals surface area contributed by atoms with Crippen molar-refractivity contribution in [1.82, 2.24) is 10.2 Å². The van der Waals surface area contributed by atoms with E-state index in [1.807, 2.05) is 17.5 Å². The van der Waals surface area contributed by atoms with Gasteiger partial charge in [-0.2, -0.15) is 0 Å². The first-order valence-corrected chi connectivity index (χ1v) is 8.46. The number of aliphatic carboxylic acids is 1. The van der Waals surface area contributed by atoms with Gasteiger partial charge < -0.3 is 10.4 Å². The van der Waals surface area contributed by atoms with E-state index < -0.39 is 12.0 Å². The third-order valence-corrected chi connectivity index (χ3v) is 4.93. The number of hydrogen-bond donors (Lipinski definition) is 2. The Morgan fingerprint density at radius 1 is 1.50 bits per heavy atom. The van der Waals surface area contributed by atoms with E-state index in [1.54, 1.807) is 16.2 Å². The summed E-state index contributed by atoms with van der Waals surface area (Å²) >= 11 is 1.63. The minimum atomic E-state index is -0.837. The molecule has 1 saturated heterocycles. The van der Waals surface area contributed by atoms with Crippen LogP contribution in [-0.2, 0) is 9.59 Å². The summed E-state index contributed by atoms with van der Waals surface area (Å²) in [5.74, 6) is -0.947. The molecular weight excluding hydrogens is 300 g/mol. The summed E-state index contributed by atoms with van der Waals surface area (Å²) in [4.78, 5) is 26.4. The largest absolute Gasteiger partial charge is 0.480 e. The Balaban J connectivity index is 2.01. The van der Waals surface area contributed by atoms with Crippen molar-refractivity contribution in [3.63, 3.8) is 0 Å². The molecule has 122 valence electrons. The van der Waals surface area contributed by atoms with E-state index in [0.29, 0.717) is 13.0 Å². The molecule has 0 aliphatic carbocycles. The Kier molecular flexibility index (Phi) is 5.24. The maximum atomic E-state index is 12.4. The zero-order valence-corrected chi connectivity index (χ0v) is 14.2. The first kappa shape index (κ1) is 17.0. The molecule has 1 aromatic heterocycles. The van der Waals surface area contributed by atoms with Crippen molar-refractivity contribution in [1.29, 1.82) is 0 Å². The average molecular weight is 324 g/mol. The van der Waals surface area contributed by atoms with Crippen LogP contribution in [0.25, 0.3) is 0 Å². The average Bonchev–Trinajstić information content (AvgIpc) is 3.05. The van der Waals surface area contributed by atoms with Gasteiger partial charge in [-0.15, -0.1) is 11.3 Å². The third kappa shape index (κ3) is 4.08. The molecule has 2 rings (SSSR count). The van der Waals surface area contributed by atoms with Crippen molar-refractivity contribution < 1.29 is 14.7 Å². The Bertz CT molecular complexity index is 522. The van der Waals surface area contributed by atoms with Crippen molar-refractivity contribution >= 4 is 23.2 Å². The Hall–Kier alpha value is -1.40. The number of carboxylic acids is 1. The van der Waals surface area contributed by atoms with E-state index in [4.69, 9.17) is 0 Å². The third-order valence-electron chi connectivity index (χ3n) is 3.99. The van der Waals surface area contributed by atoms with Gasteiger partial charge in [0.1, 0.15) is 6.04 Å². The highest BCUT2D eigenvalue weighted by Gasteiger charge is 2.33. The zero-order chi connectivity index (χ0) is 16.3. The highest BCUT2D eigenvalue weighted by atomic mass is 32.1. The lowest BCUT2D eigenvalue weighted by Crippen LogP contribution is -2.45. The molecule has 1 amide bonds. The van der Waals surface area contributed by atoms with Gasteiger partial charge in [0.15, 0.2) is 0 Å². The van der Waals surface area contributed by atoms with E-state index >= 15 is 0 Å². The van der Waals surface area contributed by atoms with Crippen LogP contribution < -0.4 is 5.32 Å². The number of nitrogens with zero attached hydrogens (tertiary/aromatic N) is 1. The summed E-state index contributed by atoms with van der Waals surface area (Å²) in [6.07, 6.45) is 1.45. The summed E-state index contributed by atoms with van der Waals surface area (Å²) < 4.78 is 0. The quantitative estimate of drug-likeness (QED) is 0.873. The number of likely N-dealkylation sites (tertiary alicyclic amines) is 1. The maximum absolute atomic E-state index is 12.4. The van der Waals surface area contributed by atoms with Crippen LogP contribution in [0.5, 0.6) is 0 Å². The second kappa shape index (κ2) is 6.79. The number of thiophene rings is 1. The van der Waals surface area contributed by atoms with Crippen molar-refractivity contribution in [2.75, 3.05) is 13.1 Å². The van der Waals surface area contributed by atoms with Gasteiger partial charge in [0, 0.05) is 4.88 Å². The van der Waals surface area contributed by atoms with Gasteiger partial charge >= 0.3 is 5.97 Å². The first-order valence-electron chi connectivity index (χ1n) is 7.58. The zero-order valence-electron chi connectivity index (χ0n) is 13.3. The summed E-state index contributed by atoms with van der Waals surface area (Å²) in [6, 6.07) is 3.41. The molecule has 1 aliphatic rings. The van der Waals surface area contributed by atoms with Crippen LogP contribution in [0.3, 0.4) is 0 Å². The monoisotopic (exact) mass is 324 g/mol. The second-order valence-electron chi connectivity index (χ2n) is 6.85. The van der Waals surface area contributed by atoms with Gasteiger partial charge in [-0.05, 0) is 36.2 Å². The molecule has 0 spiro atoms. The fraction of sp³-hybridized carbons (Fsp3) is 0.625. The summed E-state index contributed by atoms with van der Waals surface area (Å²) in [6.45, 7) is 7.09. The molecule has 5 nitrogen and oxygen atoms in total. The number of rotatable bonds is 5. The normalized spacial score (nSPS) is 20.8. The first-order chi connectivity index (χ1) is 10.3. The molecule has 1 fully saturated rings. The molecule has 22 heavy (non-hydrogen) atoms. The van der Waals surface area contributed by atoms with Crippen LogP contribution >= 0.6 is 11.3 Å². The maximum Gasteiger partial charge on any atom is 0.320 e. The van der Waals surface area contributed by atoms with Crippen LogP contribution in [-0.4, -0.2) is 41.0 Å². The lowest BCUT2D eigenvalue weighted by molar-refractivity contribution is -0.142. The predicted octanol–water partition coefficient (Wildman–Crippen LogP) is 2.50. The van der Waals surface area contributed by atoms with Crippen LogP contribution in [0.2, 0.25) is 0 Å². The van der Waals surface area contributed by atoms with Crippen LogP contribution in [0.15, 0.2) is 17.5 Å². The molecule has 0 radical (unpaired) electrons. The molecule has 0 unspecified atom stereocenters. The number of carbonyl (C=O) groups is 2. The Morgan fingerprint density at radius 3 is 2.77 bits per heavy atom. The van der Waals surface area contributed by atoms with E-state index in [1.165, 1.54) is 0 Å². The van der Waals surface area contributed by atoms with Crippen molar-refractivity contribution in [2.45, 2.75) is 45.7 Å². The van der Waals surface area contributed by atoms with Gasteiger partial charge in [-0.25, -0.2) is 0 Å². The van der Waals surface area contributed by atoms with Crippen molar-refractivity contribution in [3.05, 3.63) is 22.4 Å². The number of nitrogens with one attached hydrogen (secondary N) is 1. The topological polar surface area (TPSA) is 69.6 Å². The standard InChI is InChI=1S/C16H24N2O3S/c1-16(2,3)14(12-7-5-9-22-12)17-13(19)10-18-8-4-6-11(18)15(20)21/h5,7,9,11,14H,4,6,8,10H2,1-3H3,(H,17,19)(H,20,21)/t11-,14+/m1/s1. The van der Waals surface area contributed by atoms with Crippen molar-refractivity contribution in [3.8, 4) is 0 Å². The molecule has 1 aromatic rings. The SMILES string of the molecule is CC(C)(C)[C@@H](NC(=O)CN1CCC[C@@H]1C(=O)O)c1cccs1. The van der Waals surface area contributed by atoms with Crippen LogP contribution in [0, 0.1) is 5.41 Å². The van der Waals surface area contributed by atoms with Crippen molar-refractivity contribution in [2.24, 2.45) is 5.41 Å². The van der Waals surface area contributed by atoms with Crippen LogP contribution in [0.4, 0.5) is 0 Å². The molecule has 0 aromatic carbocycles. The molecule has 0 saturated carbocycles. The molecule has 2 N–H and O–H groups in total.